The number of hydrogen-bond donors (Lipinski definition) is 1. The molecular formula is C12H22N4. The Morgan fingerprint density at radius 2 is 2.44 bits per heavy atom. The van der Waals surface area contributed by atoms with Crippen molar-refractivity contribution in [1.82, 2.24) is 20.0 Å². The second kappa shape index (κ2) is 5.46. The van der Waals surface area contributed by atoms with Gasteiger partial charge in [-0.1, -0.05) is 6.92 Å². The highest BCUT2D eigenvalue weighted by molar-refractivity contribution is 5.01. The summed E-state index contributed by atoms with van der Waals surface area (Å²) in [6.45, 7) is 6.62. The molecule has 1 aromatic heterocycles. The van der Waals surface area contributed by atoms with E-state index in [-0.39, 0.29) is 0 Å². The maximum atomic E-state index is 4.36. The van der Waals surface area contributed by atoms with Gasteiger partial charge in [-0.05, 0) is 26.0 Å². The largest absolute Gasteiger partial charge is 0.316 e. The molecule has 90 valence electrons. The zero-order valence-electron chi connectivity index (χ0n) is 10.3. The van der Waals surface area contributed by atoms with E-state index < -0.39 is 0 Å². The first kappa shape index (κ1) is 11.6. The minimum absolute atomic E-state index is 0.669. The van der Waals surface area contributed by atoms with Gasteiger partial charge in [-0.15, -0.1) is 0 Å². The zero-order chi connectivity index (χ0) is 11.4. The Kier molecular flexibility index (Phi) is 3.96. The summed E-state index contributed by atoms with van der Waals surface area (Å²) in [5, 5.41) is 7.71. The molecule has 0 bridgehead atoms. The van der Waals surface area contributed by atoms with Gasteiger partial charge in [0.05, 0.1) is 5.69 Å². The molecular weight excluding hydrogens is 200 g/mol. The van der Waals surface area contributed by atoms with Crippen LogP contribution in [0.25, 0.3) is 0 Å². The quantitative estimate of drug-likeness (QED) is 0.809. The molecule has 1 atom stereocenters. The van der Waals surface area contributed by atoms with E-state index in [9.17, 15) is 0 Å². The molecule has 0 aromatic carbocycles. The molecule has 1 unspecified atom stereocenters. The summed E-state index contributed by atoms with van der Waals surface area (Å²) in [7, 11) is 2.05. The van der Waals surface area contributed by atoms with Crippen LogP contribution in [-0.2, 0) is 13.1 Å². The van der Waals surface area contributed by atoms with E-state index in [2.05, 4.69) is 40.0 Å². The van der Waals surface area contributed by atoms with E-state index in [1.54, 1.807) is 0 Å². The summed E-state index contributed by atoms with van der Waals surface area (Å²) < 4.78 is 2.13. The fourth-order valence-electron chi connectivity index (χ4n) is 2.35. The van der Waals surface area contributed by atoms with Crippen molar-refractivity contribution in [2.45, 2.75) is 38.9 Å². The number of rotatable bonds is 5. The summed E-state index contributed by atoms with van der Waals surface area (Å²) in [6.07, 6.45) is 4.32. The van der Waals surface area contributed by atoms with E-state index in [4.69, 9.17) is 0 Å². The molecule has 0 radical (unpaired) electrons. The maximum absolute atomic E-state index is 4.36. The second-order valence-corrected chi connectivity index (χ2v) is 4.56. The van der Waals surface area contributed by atoms with E-state index >= 15 is 0 Å². The lowest BCUT2D eigenvalue weighted by molar-refractivity contribution is 0.310. The summed E-state index contributed by atoms with van der Waals surface area (Å²) in [6, 6.07) is 2.81. The average Bonchev–Trinajstić information content (AvgIpc) is 2.90. The topological polar surface area (TPSA) is 33.1 Å². The van der Waals surface area contributed by atoms with E-state index in [1.165, 1.54) is 18.7 Å². The number of nitrogens with one attached hydrogen (secondary N) is 1. The van der Waals surface area contributed by atoms with Gasteiger partial charge in [-0.2, -0.15) is 5.10 Å². The summed E-state index contributed by atoms with van der Waals surface area (Å²) in [5.41, 5.74) is 1.35. The van der Waals surface area contributed by atoms with Gasteiger partial charge < -0.3 is 5.32 Å². The van der Waals surface area contributed by atoms with E-state index in [0.29, 0.717) is 6.04 Å². The van der Waals surface area contributed by atoms with Gasteiger partial charge in [0, 0.05) is 38.4 Å². The van der Waals surface area contributed by atoms with Crippen LogP contribution in [0.4, 0.5) is 0 Å². The van der Waals surface area contributed by atoms with Crippen LogP contribution >= 0.6 is 0 Å². The van der Waals surface area contributed by atoms with Gasteiger partial charge >= 0.3 is 0 Å². The lowest BCUT2D eigenvalue weighted by Crippen LogP contribution is -2.29. The number of nitrogens with zero attached hydrogens (tertiary/aromatic N) is 3. The highest BCUT2D eigenvalue weighted by atomic mass is 15.3. The summed E-state index contributed by atoms with van der Waals surface area (Å²) >= 11 is 0. The summed E-state index contributed by atoms with van der Waals surface area (Å²) in [4.78, 5) is 2.50. The lowest BCUT2D eigenvalue weighted by Gasteiger charge is -2.16. The van der Waals surface area contributed by atoms with E-state index in [1.807, 2.05) is 6.20 Å². The van der Waals surface area contributed by atoms with Gasteiger partial charge in [-0.3, -0.25) is 9.58 Å². The van der Waals surface area contributed by atoms with Crippen LogP contribution in [0.5, 0.6) is 0 Å². The second-order valence-electron chi connectivity index (χ2n) is 4.56. The predicted octanol–water partition coefficient (Wildman–Crippen LogP) is 1.09. The van der Waals surface area contributed by atoms with Crippen molar-refractivity contribution in [2.75, 3.05) is 20.1 Å². The molecule has 0 amide bonds. The predicted molar refractivity (Wildman–Crippen MR) is 65.3 cm³/mol. The van der Waals surface area contributed by atoms with Crippen LogP contribution in [0, 0.1) is 0 Å². The standard InChI is InChI=1S/C12H22N4/c1-3-7-16-12(4-6-14-16)10-15-8-5-11(9-15)13-2/h4,6,11,13H,3,5,7-10H2,1-2H3. The van der Waals surface area contributed by atoms with Gasteiger partial charge in [0.1, 0.15) is 0 Å². The molecule has 0 aliphatic carbocycles. The Morgan fingerprint density at radius 1 is 1.56 bits per heavy atom. The molecule has 1 fully saturated rings. The van der Waals surface area contributed by atoms with Crippen LogP contribution < -0.4 is 5.32 Å². The molecule has 1 aromatic rings. The van der Waals surface area contributed by atoms with Gasteiger partial charge in [0.2, 0.25) is 0 Å². The minimum Gasteiger partial charge on any atom is -0.316 e. The number of aryl methyl sites for hydroxylation is 1. The number of likely N-dealkylation sites (N-methyl/N-ethyl adjacent to an activating group) is 1. The van der Waals surface area contributed by atoms with Gasteiger partial charge in [-0.25, -0.2) is 0 Å². The lowest BCUT2D eigenvalue weighted by atomic mass is 10.3. The molecule has 16 heavy (non-hydrogen) atoms. The number of hydrogen-bond acceptors (Lipinski definition) is 3. The Balaban J connectivity index is 1.91. The first-order valence-electron chi connectivity index (χ1n) is 6.23. The Morgan fingerprint density at radius 3 is 3.12 bits per heavy atom. The van der Waals surface area contributed by atoms with Crippen molar-refractivity contribution < 1.29 is 0 Å². The van der Waals surface area contributed by atoms with Crippen molar-refractivity contribution in [1.29, 1.82) is 0 Å². The molecule has 4 heteroatoms. The van der Waals surface area contributed by atoms with Crippen molar-refractivity contribution in [3.8, 4) is 0 Å². The van der Waals surface area contributed by atoms with Crippen LogP contribution in [0.15, 0.2) is 12.3 Å². The van der Waals surface area contributed by atoms with Crippen LogP contribution in [-0.4, -0.2) is 40.9 Å². The monoisotopic (exact) mass is 222 g/mol. The van der Waals surface area contributed by atoms with E-state index in [0.717, 1.165) is 26.1 Å². The summed E-state index contributed by atoms with van der Waals surface area (Å²) in [5.74, 6) is 0. The van der Waals surface area contributed by atoms with Crippen molar-refractivity contribution in [3.63, 3.8) is 0 Å². The average molecular weight is 222 g/mol. The molecule has 1 saturated heterocycles. The Hall–Kier alpha value is -0.870. The first-order valence-corrected chi connectivity index (χ1v) is 6.23. The molecule has 2 rings (SSSR count). The molecule has 4 nitrogen and oxygen atoms in total. The third-order valence-corrected chi connectivity index (χ3v) is 3.31. The number of aromatic nitrogens is 2. The normalized spacial score (nSPS) is 21.8. The fourth-order valence-corrected chi connectivity index (χ4v) is 2.35. The minimum atomic E-state index is 0.669. The first-order chi connectivity index (χ1) is 7.83. The van der Waals surface area contributed by atoms with Crippen LogP contribution in [0.1, 0.15) is 25.5 Å². The molecule has 0 saturated carbocycles. The van der Waals surface area contributed by atoms with Crippen LogP contribution in [0.3, 0.4) is 0 Å². The van der Waals surface area contributed by atoms with Gasteiger partial charge in [0.25, 0.3) is 0 Å². The highest BCUT2D eigenvalue weighted by Crippen LogP contribution is 2.13. The molecule has 1 aliphatic rings. The third kappa shape index (κ3) is 2.62. The van der Waals surface area contributed by atoms with Crippen molar-refractivity contribution >= 4 is 0 Å². The smallest absolute Gasteiger partial charge is 0.0524 e. The van der Waals surface area contributed by atoms with Crippen molar-refractivity contribution in [2.24, 2.45) is 0 Å². The van der Waals surface area contributed by atoms with Crippen molar-refractivity contribution in [3.05, 3.63) is 18.0 Å². The zero-order valence-corrected chi connectivity index (χ0v) is 10.3. The Labute approximate surface area is 97.6 Å². The van der Waals surface area contributed by atoms with Crippen LogP contribution in [0.2, 0.25) is 0 Å². The molecule has 1 aliphatic heterocycles. The molecule has 1 N–H and O–H groups in total. The highest BCUT2D eigenvalue weighted by Gasteiger charge is 2.21. The fraction of sp³-hybridized carbons (Fsp3) is 0.750. The molecule has 0 spiro atoms. The number of likely N-dealkylation sites (tertiary alicyclic amines) is 1. The maximum Gasteiger partial charge on any atom is 0.0524 e. The SMILES string of the molecule is CCCn1nccc1CN1CCC(NC)C1. The van der Waals surface area contributed by atoms with Gasteiger partial charge in [0.15, 0.2) is 0 Å². The third-order valence-electron chi connectivity index (χ3n) is 3.31. The molecule has 2 heterocycles. The Bertz CT molecular complexity index is 321.